The topological polar surface area (TPSA) is 34.1 Å². The summed E-state index contributed by atoms with van der Waals surface area (Å²) in [6.45, 7) is 0. The number of rotatable bonds is 0. The van der Waals surface area contributed by atoms with Crippen molar-refractivity contribution in [2.75, 3.05) is 0 Å². The van der Waals surface area contributed by atoms with Crippen molar-refractivity contribution >= 4 is 31.5 Å². The van der Waals surface area contributed by atoms with Crippen LogP contribution in [0.4, 0.5) is 0 Å². The molecule has 6 heteroatoms. The second-order valence-electron chi connectivity index (χ2n) is 2.49. The average molecular weight is 394 g/mol. The predicted molar refractivity (Wildman–Crippen MR) is 70.3 cm³/mol. The molecule has 0 fully saturated rings. The third-order valence-electron chi connectivity index (χ3n) is 1.37. The van der Waals surface area contributed by atoms with Gasteiger partial charge >= 0.3 is 28.8 Å². The van der Waals surface area contributed by atoms with Gasteiger partial charge in [0.15, 0.2) is 0 Å². The molecule has 0 amide bonds. The van der Waals surface area contributed by atoms with Crippen molar-refractivity contribution in [3.63, 3.8) is 0 Å². The summed E-state index contributed by atoms with van der Waals surface area (Å²) >= 11 is 11.1. The quantitative estimate of drug-likeness (QED) is 0.371. The first-order chi connectivity index (χ1) is 8.22. The molecule has 2 nitrogen and oxygen atoms in total. The van der Waals surface area contributed by atoms with E-state index in [1.807, 2.05) is 30.3 Å². The van der Waals surface area contributed by atoms with Gasteiger partial charge in [0, 0.05) is 0 Å². The van der Waals surface area contributed by atoms with Gasteiger partial charge in [0.1, 0.15) is 0 Å². The van der Waals surface area contributed by atoms with Crippen molar-refractivity contribution < 1.29 is 29.6 Å². The summed E-state index contributed by atoms with van der Waals surface area (Å²) in [5.74, 6) is 0. The molecule has 0 bridgehead atoms. The number of hydrogen-bond donors (Lipinski definition) is 0. The van der Waals surface area contributed by atoms with Crippen LogP contribution in [0.1, 0.15) is 0 Å². The normalized spacial score (nSPS) is 7.44. The predicted octanol–water partition coefficient (Wildman–Crippen LogP) is 4.63. The molecular formula is C12H9Cl2O2PPd. The summed E-state index contributed by atoms with van der Waals surface area (Å²) in [6.07, 6.45) is 0. The number of halogens is 2. The molecule has 98 valence electrons. The third-order valence-corrected chi connectivity index (χ3v) is 2.09. The maximum atomic E-state index is 8.40. The molecule has 0 aliphatic carbocycles. The van der Waals surface area contributed by atoms with Crippen LogP contribution in [0, 0.1) is 12.1 Å². The van der Waals surface area contributed by atoms with Gasteiger partial charge in [-0.25, -0.2) is 9.13 Å². The van der Waals surface area contributed by atoms with Crippen LogP contribution in [0.3, 0.4) is 0 Å². The zero-order valence-electron chi connectivity index (χ0n) is 9.01. The smallest absolute Gasteiger partial charge is 0.241 e. The van der Waals surface area contributed by atoms with Gasteiger partial charge in [0.25, 0.3) is 0 Å². The molecule has 0 aliphatic rings. The second kappa shape index (κ2) is 14.6. The molecule has 0 N–H and O–H groups in total. The minimum atomic E-state index is -1.42. The van der Waals surface area contributed by atoms with Gasteiger partial charge in [-0.15, -0.1) is 11.6 Å². The molecule has 0 aliphatic heterocycles. The van der Waals surface area contributed by atoms with Gasteiger partial charge in [0.05, 0.1) is 0 Å². The fourth-order valence-electron chi connectivity index (χ4n) is 0.738. The van der Waals surface area contributed by atoms with Gasteiger partial charge < -0.3 is 0 Å². The Labute approximate surface area is 131 Å². The Morgan fingerprint density at radius 3 is 1.72 bits per heavy atom. The second-order valence-corrected chi connectivity index (χ2v) is 3.44. The minimum absolute atomic E-state index is 0. The van der Waals surface area contributed by atoms with Crippen molar-refractivity contribution in [3.8, 4) is 0 Å². The summed E-state index contributed by atoms with van der Waals surface area (Å²) in [5, 5.41) is 1.03. The fourth-order valence-corrected chi connectivity index (χ4v) is 0.991. The van der Waals surface area contributed by atoms with Gasteiger partial charge in [-0.05, 0) is 0 Å². The van der Waals surface area contributed by atoms with Crippen LogP contribution in [0.2, 0.25) is 10.0 Å². The molecule has 0 unspecified atom stereocenters. The van der Waals surface area contributed by atoms with Crippen molar-refractivity contribution in [2.45, 2.75) is 0 Å². The van der Waals surface area contributed by atoms with E-state index in [9.17, 15) is 0 Å². The molecule has 0 saturated heterocycles. The molecule has 0 aromatic heterocycles. The summed E-state index contributed by atoms with van der Waals surface area (Å²) in [5.41, 5.74) is 0. The Morgan fingerprint density at radius 2 is 1.50 bits per heavy atom. The molecule has 2 rings (SSSR count). The average Bonchev–Trinajstić information content (AvgIpc) is 2.37. The SMILES string of the molecule is Clc1[c-]cccc1Cl.O=[PH]=O.[Pd+2].[c-]1ccccc1. The van der Waals surface area contributed by atoms with E-state index < -0.39 is 8.34 Å². The third kappa shape index (κ3) is 12.1. The Bertz CT molecular complexity index is 401. The fraction of sp³-hybridized carbons (Fsp3) is 0. The first-order valence-electron chi connectivity index (χ1n) is 4.44. The standard InChI is InChI=1S/C6H3Cl2.C6H5.HO2P.Pd/c7-5-3-1-2-4-6(5)8;1-2-4-6-5-3-1;1-3-2;/h1-3H;1-5H;3H;/q2*-1;;+2. The Morgan fingerprint density at radius 1 is 0.944 bits per heavy atom. The molecule has 0 atom stereocenters. The zero-order chi connectivity index (χ0) is 12.9. The summed E-state index contributed by atoms with van der Waals surface area (Å²) < 4.78 is 16.8. The van der Waals surface area contributed by atoms with Crippen LogP contribution in [-0.4, -0.2) is 0 Å². The monoisotopic (exact) mass is 392 g/mol. The van der Waals surface area contributed by atoms with Crippen molar-refractivity contribution in [3.05, 3.63) is 70.7 Å². The summed E-state index contributed by atoms with van der Waals surface area (Å²) in [6, 6.07) is 20.5. The van der Waals surface area contributed by atoms with E-state index in [0.29, 0.717) is 10.0 Å². The Hall–Kier alpha value is -0.418. The van der Waals surface area contributed by atoms with Crippen molar-refractivity contribution in [1.82, 2.24) is 0 Å². The van der Waals surface area contributed by atoms with E-state index >= 15 is 0 Å². The van der Waals surface area contributed by atoms with Gasteiger partial charge in [0.2, 0.25) is 0 Å². The van der Waals surface area contributed by atoms with Crippen LogP contribution in [0.5, 0.6) is 0 Å². The van der Waals surface area contributed by atoms with E-state index in [2.05, 4.69) is 12.1 Å². The summed E-state index contributed by atoms with van der Waals surface area (Å²) in [4.78, 5) is 0. The van der Waals surface area contributed by atoms with E-state index in [4.69, 9.17) is 32.3 Å². The minimum Gasteiger partial charge on any atom is -0.241 e. The molecule has 0 saturated carbocycles. The molecule has 0 heterocycles. The van der Waals surface area contributed by atoms with Gasteiger partial charge in [-0.3, -0.25) is 0 Å². The van der Waals surface area contributed by atoms with E-state index in [0.717, 1.165) is 0 Å². The zero-order valence-corrected chi connectivity index (χ0v) is 13.1. The van der Waals surface area contributed by atoms with Crippen molar-refractivity contribution in [1.29, 1.82) is 0 Å². The van der Waals surface area contributed by atoms with Crippen LogP contribution < -0.4 is 0 Å². The first-order valence-corrected chi connectivity index (χ1v) is 6.01. The number of benzene rings is 2. The summed E-state index contributed by atoms with van der Waals surface area (Å²) in [7, 11) is -1.42. The van der Waals surface area contributed by atoms with Crippen LogP contribution in [-0.2, 0) is 29.6 Å². The molecule has 2 aromatic carbocycles. The molecular weight excluding hydrogens is 384 g/mol. The Kier molecular flexibility index (Phi) is 16.2. The van der Waals surface area contributed by atoms with Crippen LogP contribution in [0.25, 0.3) is 0 Å². The van der Waals surface area contributed by atoms with Crippen LogP contribution >= 0.6 is 31.5 Å². The maximum Gasteiger partial charge on any atom is 2.00 e. The van der Waals surface area contributed by atoms with Crippen molar-refractivity contribution in [2.24, 2.45) is 0 Å². The van der Waals surface area contributed by atoms with Gasteiger partial charge in [-0.2, -0.15) is 72.3 Å². The molecule has 0 spiro atoms. The largest absolute Gasteiger partial charge is 2.00 e. The Balaban J connectivity index is 0. The van der Waals surface area contributed by atoms with E-state index in [1.165, 1.54) is 0 Å². The van der Waals surface area contributed by atoms with E-state index in [-0.39, 0.29) is 20.4 Å². The first kappa shape index (κ1) is 19.9. The molecule has 18 heavy (non-hydrogen) atoms. The van der Waals surface area contributed by atoms with Crippen LogP contribution in [0.15, 0.2) is 48.5 Å². The molecule has 2 aromatic rings. The van der Waals surface area contributed by atoms with Gasteiger partial charge in [-0.1, -0.05) is 10.0 Å². The maximum absolute atomic E-state index is 8.40. The van der Waals surface area contributed by atoms with E-state index in [1.54, 1.807) is 18.2 Å². The molecule has 0 radical (unpaired) electrons. The number of hydrogen-bond acceptors (Lipinski definition) is 2.